The van der Waals surface area contributed by atoms with Gasteiger partial charge in [0.1, 0.15) is 23.4 Å². The third-order valence-electron chi connectivity index (χ3n) is 6.92. The number of rotatable bonds is 6. The molecule has 1 fully saturated rings. The van der Waals surface area contributed by atoms with Gasteiger partial charge in [0.05, 0.1) is 16.7 Å². The zero-order valence-corrected chi connectivity index (χ0v) is 23.1. The third-order valence-corrected chi connectivity index (χ3v) is 6.92. The first kappa shape index (κ1) is 27.6. The Kier molecular flexibility index (Phi) is 7.75. The molecule has 11 heteroatoms. The molecule has 1 atom stereocenters. The topological polar surface area (TPSA) is 100 Å². The fourth-order valence-electron chi connectivity index (χ4n) is 4.81. The molecular weight excluding hydrogens is 516 g/mol. The molecule has 4 heterocycles. The molecule has 3 aromatic heterocycles. The van der Waals surface area contributed by atoms with Crippen molar-refractivity contribution >= 4 is 17.1 Å². The number of ether oxygens (including phenoxy) is 1. The lowest BCUT2D eigenvalue weighted by Gasteiger charge is -2.38. The summed E-state index contributed by atoms with van der Waals surface area (Å²) in [4.78, 5) is 36.9. The number of fused-ring (bicyclic) bond motifs is 1. The van der Waals surface area contributed by atoms with E-state index in [1.807, 2.05) is 51.2 Å². The first-order valence-corrected chi connectivity index (χ1v) is 13.3. The van der Waals surface area contributed by atoms with Gasteiger partial charge < -0.3 is 14.6 Å². The van der Waals surface area contributed by atoms with E-state index >= 15 is 0 Å². The van der Waals surface area contributed by atoms with Crippen molar-refractivity contribution in [3.63, 3.8) is 0 Å². The highest BCUT2D eigenvalue weighted by Crippen LogP contribution is 2.26. The van der Waals surface area contributed by atoms with Crippen LogP contribution in [0.5, 0.6) is 0 Å². The molecule has 1 unspecified atom stereocenters. The van der Waals surface area contributed by atoms with Crippen molar-refractivity contribution in [1.29, 1.82) is 0 Å². The van der Waals surface area contributed by atoms with Crippen LogP contribution in [0.15, 0.2) is 48.9 Å². The monoisotopic (exact) mass is 549 g/mol. The maximum absolute atomic E-state index is 13.1. The van der Waals surface area contributed by atoms with Crippen LogP contribution in [0.3, 0.4) is 0 Å². The van der Waals surface area contributed by atoms with Crippen LogP contribution in [0.2, 0.25) is 0 Å². The second kappa shape index (κ2) is 11.2. The molecule has 0 aliphatic carbocycles. The minimum atomic E-state index is -2.66. The van der Waals surface area contributed by atoms with E-state index in [1.165, 1.54) is 6.07 Å². The molecule has 1 aliphatic rings. The maximum Gasteiger partial charge on any atom is 0.410 e. The number of hydrogen-bond donors (Lipinski definition) is 1. The number of nitrogens with zero attached hydrogens (tertiary/aromatic N) is 6. The molecule has 1 amide bonds. The van der Waals surface area contributed by atoms with Crippen LogP contribution in [0.4, 0.5) is 13.6 Å². The van der Waals surface area contributed by atoms with Crippen molar-refractivity contribution in [3.05, 3.63) is 71.7 Å². The normalized spacial score (nSPS) is 15.5. The molecule has 9 nitrogen and oxygen atoms in total. The molecule has 5 rings (SSSR count). The third kappa shape index (κ3) is 6.41. The van der Waals surface area contributed by atoms with Crippen LogP contribution in [0, 0.1) is 0 Å². The van der Waals surface area contributed by atoms with Crippen molar-refractivity contribution in [2.75, 3.05) is 26.2 Å². The van der Waals surface area contributed by atoms with E-state index in [-0.39, 0.29) is 17.8 Å². The fraction of sp³-hybridized carbons (Fsp3) is 0.414. The summed E-state index contributed by atoms with van der Waals surface area (Å²) in [5.74, 6) is 0.756. The van der Waals surface area contributed by atoms with Gasteiger partial charge in [-0.15, -0.1) is 0 Å². The number of piperazine rings is 1. The molecule has 210 valence electrons. The average molecular weight is 550 g/mol. The van der Waals surface area contributed by atoms with Gasteiger partial charge in [-0.3, -0.25) is 9.88 Å². The highest BCUT2D eigenvalue weighted by molar-refractivity contribution is 5.81. The van der Waals surface area contributed by atoms with Gasteiger partial charge in [-0.1, -0.05) is 6.07 Å². The lowest BCUT2D eigenvalue weighted by Crippen LogP contribution is -2.50. The van der Waals surface area contributed by atoms with Crippen LogP contribution in [-0.2, 0) is 11.2 Å². The Morgan fingerprint density at radius 1 is 1.05 bits per heavy atom. The number of aromatic nitrogens is 5. The Morgan fingerprint density at radius 3 is 2.55 bits per heavy atom. The molecule has 1 saturated heterocycles. The second-order valence-corrected chi connectivity index (χ2v) is 11.0. The number of amides is 1. The van der Waals surface area contributed by atoms with Crippen molar-refractivity contribution in [1.82, 2.24) is 34.7 Å². The Bertz CT molecular complexity index is 1490. The second-order valence-electron chi connectivity index (χ2n) is 11.0. The Morgan fingerprint density at radius 2 is 1.82 bits per heavy atom. The highest BCUT2D eigenvalue weighted by atomic mass is 19.3. The van der Waals surface area contributed by atoms with Crippen molar-refractivity contribution in [2.24, 2.45) is 0 Å². The molecule has 1 aliphatic heterocycles. The molecule has 0 saturated carbocycles. The largest absolute Gasteiger partial charge is 0.444 e. The van der Waals surface area contributed by atoms with Crippen molar-refractivity contribution in [2.45, 2.75) is 52.2 Å². The molecule has 1 N–H and O–H groups in total. The standard InChI is InChI=1S/C29H33F2N7O2/c1-18(37-9-11-38(12-10-37)28(39)40-29(2,3)4)19-7-8-32-21(13-19)15-26-35-22-6-5-20(14-24(22)36-26)23-16-25(27(30)31)34-17-33-23/h5-8,13-14,16-18,27H,9-12,15H2,1-4H3,(H,35,36). The number of imidazole rings is 1. The van der Waals surface area contributed by atoms with Gasteiger partial charge in [-0.25, -0.2) is 28.5 Å². The number of aromatic amines is 1. The summed E-state index contributed by atoms with van der Waals surface area (Å²) in [5, 5.41) is 0. The molecule has 1 aromatic carbocycles. The van der Waals surface area contributed by atoms with Crippen LogP contribution in [0.25, 0.3) is 22.3 Å². The number of carbonyl (C=O) groups is 1. The summed E-state index contributed by atoms with van der Waals surface area (Å²) in [7, 11) is 0. The van der Waals surface area contributed by atoms with E-state index in [1.54, 1.807) is 4.90 Å². The quantitative estimate of drug-likeness (QED) is 0.336. The Balaban J connectivity index is 1.25. The fourth-order valence-corrected chi connectivity index (χ4v) is 4.81. The molecule has 40 heavy (non-hydrogen) atoms. The molecular formula is C29H33F2N7O2. The van der Waals surface area contributed by atoms with Crippen molar-refractivity contribution < 1.29 is 18.3 Å². The van der Waals surface area contributed by atoms with Gasteiger partial charge >= 0.3 is 6.09 Å². The zero-order valence-electron chi connectivity index (χ0n) is 23.1. The summed E-state index contributed by atoms with van der Waals surface area (Å²) >= 11 is 0. The SMILES string of the molecule is CC(c1ccnc(Cc2nc3ccc(-c4cc(C(F)F)ncn4)cc3[nH]2)c1)N1CCN(C(=O)OC(C)(C)C)CC1. The van der Waals surface area contributed by atoms with E-state index in [4.69, 9.17) is 9.72 Å². The minimum absolute atomic E-state index is 0.159. The van der Waals surface area contributed by atoms with Crippen LogP contribution in [0.1, 0.15) is 62.9 Å². The molecule has 0 bridgehead atoms. The van der Waals surface area contributed by atoms with E-state index < -0.39 is 12.0 Å². The smallest absolute Gasteiger partial charge is 0.410 e. The summed E-state index contributed by atoms with van der Waals surface area (Å²) in [6.07, 6.45) is 0.560. The van der Waals surface area contributed by atoms with Gasteiger partial charge in [0, 0.05) is 56.1 Å². The number of hydrogen-bond acceptors (Lipinski definition) is 7. The number of benzene rings is 1. The molecule has 0 radical (unpaired) electrons. The van der Waals surface area contributed by atoms with E-state index in [0.29, 0.717) is 30.8 Å². The van der Waals surface area contributed by atoms with Gasteiger partial charge in [0.25, 0.3) is 6.43 Å². The Labute approximate surface area is 231 Å². The maximum atomic E-state index is 13.1. The first-order chi connectivity index (χ1) is 19.1. The number of alkyl halides is 2. The number of halogens is 2. The predicted molar refractivity (Wildman–Crippen MR) is 147 cm³/mol. The van der Waals surface area contributed by atoms with Crippen LogP contribution >= 0.6 is 0 Å². The summed E-state index contributed by atoms with van der Waals surface area (Å²) in [6.45, 7) is 10.6. The van der Waals surface area contributed by atoms with E-state index in [9.17, 15) is 13.6 Å². The summed E-state index contributed by atoms with van der Waals surface area (Å²) < 4.78 is 31.7. The van der Waals surface area contributed by atoms with Gasteiger partial charge in [0.2, 0.25) is 0 Å². The van der Waals surface area contributed by atoms with Crippen LogP contribution < -0.4 is 0 Å². The van der Waals surface area contributed by atoms with Crippen molar-refractivity contribution in [3.8, 4) is 11.3 Å². The van der Waals surface area contributed by atoms with E-state index in [2.05, 4.69) is 37.8 Å². The van der Waals surface area contributed by atoms with Crippen LogP contribution in [-0.4, -0.2) is 72.6 Å². The zero-order chi connectivity index (χ0) is 28.4. The Hall–Kier alpha value is -3.99. The van der Waals surface area contributed by atoms with Gasteiger partial charge in [-0.05, 0) is 63.6 Å². The lowest BCUT2D eigenvalue weighted by atomic mass is 10.1. The van der Waals surface area contributed by atoms with Gasteiger partial charge in [0.15, 0.2) is 0 Å². The number of carbonyl (C=O) groups excluding carboxylic acids is 1. The first-order valence-electron chi connectivity index (χ1n) is 13.3. The molecule has 4 aromatic rings. The van der Waals surface area contributed by atoms with E-state index in [0.717, 1.165) is 47.5 Å². The number of nitrogens with one attached hydrogen (secondary N) is 1. The number of H-pyrrole nitrogens is 1. The highest BCUT2D eigenvalue weighted by Gasteiger charge is 2.28. The summed E-state index contributed by atoms with van der Waals surface area (Å²) in [6, 6.07) is 11.1. The molecule has 0 spiro atoms. The van der Waals surface area contributed by atoms with Gasteiger partial charge in [-0.2, -0.15) is 0 Å². The number of pyridine rings is 1. The average Bonchev–Trinajstić information content (AvgIpc) is 3.33. The summed E-state index contributed by atoms with van der Waals surface area (Å²) in [5.41, 5.74) is 3.91. The lowest BCUT2D eigenvalue weighted by molar-refractivity contribution is 0.0110. The predicted octanol–water partition coefficient (Wildman–Crippen LogP) is 5.56. The minimum Gasteiger partial charge on any atom is -0.444 e.